The first-order chi connectivity index (χ1) is 8.06. The zero-order valence-corrected chi connectivity index (χ0v) is 11.6. The van der Waals surface area contributed by atoms with Crippen molar-refractivity contribution in [3.8, 4) is 0 Å². The molecule has 0 atom stereocenters. The monoisotopic (exact) mass is 365 g/mol. The van der Waals surface area contributed by atoms with Crippen LogP contribution in [-0.4, -0.2) is 0 Å². The van der Waals surface area contributed by atoms with Crippen LogP contribution in [0.5, 0.6) is 0 Å². The molecule has 0 fully saturated rings. The molecule has 2 nitrogen and oxygen atoms in total. The van der Waals surface area contributed by atoms with Crippen LogP contribution in [0.15, 0.2) is 37.8 Å². The van der Waals surface area contributed by atoms with Gasteiger partial charge in [-0.3, -0.25) is 0 Å². The minimum Gasteiger partial charge on any atom is -0.451 e. The van der Waals surface area contributed by atoms with Crippen molar-refractivity contribution in [2.75, 3.05) is 5.32 Å². The Balaban J connectivity index is 2.04. The zero-order chi connectivity index (χ0) is 12.4. The van der Waals surface area contributed by atoms with Crippen molar-refractivity contribution in [3.05, 3.63) is 50.8 Å². The van der Waals surface area contributed by atoms with Gasteiger partial charge in [-0.2, -0.15) is 0 Å². The Morgan fingerprint density at radius 3 is 2.47 bits per heavy atom. The van der Waals surface area contributed by atoms with E-state index in [2.05, 4.69) is 37.2 Å². The van der Waals surface area contributed by atoms with Crippen LogP contribution in [0.2, 0.25) is 0 Å². The Bertz CT molecular complexity index is 523. The molecule has 90 valence electrons. The molecule has 0 aliphatic rings. The van der Waals surface area contributed by atoms with E-state index >= 15 is 0 Å². The molecule has 0 saturated carbocycles. The Morgan fingerprint density at radius 1 is 1.12 bits per heavy atom. The van der Waals surface area contributed by atoms with Gasteiger partial charge in [-0.05, 0) is 50.1 Å². The summed E-state index contributed by atoms with van der Waals surface area (Å²) in [4.78, 5) is 0. The molecule has 0 aliphatic heterocycles. The summed E-state index contributed by atoms with van der Waals surface area (Å²) in [6, 6.07) is 5.43. The van der Waals surface area contributed by atoms with Crippen LogP contribution in [0.3, 0.4) is 0 Å². The molecule has 0 unspecified atom stereocenters. The lowest BCUT2D eigenvalue weighted by Crippen LogP contribution is -1.99. The van der Waals surface area contributed by atoms with Crippen molar-refractivity contribution < 1.29 is 13.2 Å². The standard InChI is InChI=1S/C11H7Br2F2NO/c12-8-4-7(17-11(8)13)5-16-6-1-2-9(14)10(15)3-6/h1-4,16H,5H2. The molecule has 1 aromatic heterocycles. The van der Waals surface area contributed by atoms with Crippen molar-refractivity contribution in [2.24, 2.45) is 0 Å². The van der Waals surface area contributed by atoms with Gasteiger partial charge in [0.1, 0.15) is 5.76 Å². The highest BCUT2D eigenvalue weighted by Crippen LogP contribution is 2.27. The van der Waals surface area contributed by atoms with Crippen LogP contribution < -0.4 is 5.32 Å². The molecule has 0 radical (unpaired) electrons. The third kappa shape index (κ3) is 3.07. The van der Waals surface area contributed by atoms with Gasteiger partial charge in [0, 0.05) is 11.8 Å². The topological polar surface area (TPSA) is 25.2 Å². The molecular weight excluding hydrogens is 360 g/mol. The average molecular weight is 367 g/mol. The van der Waals surface area contributed by atoms with Gasteiger partial charge < -0.3 is 9.73 Å². The molecule has 0 bridgehead atoms. The van der Waals surface area contributed by atoms with E-state index in [1.165, 1.54) is 6.07 Å². The highest BCUT2D eigenvalue weighted by molar-refractivity contribution is 9.13. The average Bonchev–Trinajstić information content (AvgIpc) is 2.60. The summed E-state index contributed by atoms with van der Waals surface area (Å²) in [6.45, 7) is 0.384. The van der Waals surface area contributed by atoms with E-state index in [4.69, 9.17) is 4.42 Å². The molecule has 17 heavy (non-hydrogen) atoms. The lowest BCUT2D eigenvalue weighted by Gasteiger charge is -2.04. The summed E-state index contributed by atoms with van der Waals surface area (Å²) < 4.78 is 32.3. The Morgan fingerprint density at radius 2 is 1.88 bits per heavy atom. The molecule has 1 heterocycles. The van der Waals surface area contributed by atoms with E-state index in [1.807, 2.05) is 0 Å². The molecular formula is C11H7Br2F2NO. The van der Waals surface area contributed by atoms with Crippen LogP contribution in [-0.2, 0) is 6.54 Å². The Hall–Kier alpha value is -0.880. The Kier molecular flexibility index (Phi) is 3.83. The van der Waals surface area contributed by atoms with Gasteiger partial charge in [0.05, 0.1) is 11.0 Å². The van der Waals surface area contributed by atoms with Crippen molar-refractivity contribution in [1.82, 2.24) is 0 Å². The van der Waals surface area contributed by atoms with E-state index in [0.29, 0.717) is 22.7 Å². The van der Waals surface area contributed by atoms with Gasteiger partial charge in [-0.25, -0.2) is 8.78 Å². The van der Waals surface area contributed by atoms with E-state index in [0.717, 1.165) is 16.6 Å². The van der Waals surface area contributed by atoms with Crippen LogP contribution in [0.4, 0.5) is 14.5 Å². The first-order valence-corrected chi connectivity index (χ1v) is 6.27. The molecule has 1 aromatic carbocycles. The Labute approximate surface area is 113 Å². The molecule has 0 saturated heterocycles. The fourth-order valence-corrected chi connectivity index (χ4v) is 1.93. The van der Waals surface area contributed by atoms with Gasteiger partial charge in [-0.1, -0.05) is 0 Å². The van der Waals surface area contributed by atoms with Crippen molar-refractivity contribution >= 4 is 37.5 Å². The van der Waals surface area contributed by atoms with Crippen LogP contribution >= 0.6 is 31.9 Å². The number of anilines is 1. The van der Waals surface area contributed by atoms with Gasteiger partial charge in [0.25, 0.3) is 0 Å². The third-order valence-corrected chi connectivity index (χ3v) is 3.79. The van der Waals surface area contributed by atoms with E-state index in [9.17, 15) is 8.78 Å². The number of furan rings is 1. The highest BCUT2D eigenvalue weighted by atomic mass is 79.9. The largest absolute Gasteiger partial charge is 0.451 e. The second kappa shape index (κ2) is 5.18. The lowest BCUT2D eigenvalue weighted by molar-refractivity contribution is 0.493. The number of hydrogen-bond donors (Lipinski definition) is 1. The van der Waals surface area contributed by atoms with Gasteiger partial charge in [-0.15, -0.1) is 0 Å². The summed E-state index contributed by atoms with van der Waals surface area (Å²) >= 11 is 6.50. The minimum absolute atomic E-state index is 0.384. The number of rotatable bonds is 3. The first kappa shape index (κ1) is 12.6. The molecule has 0 spiro atoms. The van der Waals surface area contributed by atoms with Crippen molar-refractivity contribution in [3.63, 3.8) is 0 Å². The molecule has 2 rings (SSSR count). The second-order valence-corrected chi connectivity index (χ2v) is 4.89. The third-order valence-electron chi connectivity index (χ3n) is 2.08. The number of benzene rings is 1. The maximum Gasteiger partial charge on any atom is 0.183 e. The molecule has 2 aromatic rings. The fourth-order valence-electron chi connectivity index (χ4n) is 1.27. The van der Waals surface area contributed by atoms with E-state index < -0.39 is 11.6 Å². The first-order valence-electron chi connectivity index (χ1n) is 4.69. The zero-order valence-electron chi connectivity index (χ0n) is 8.44. The summed E-state index contributed by atoms with van der Waals surface area (Å²) in [5.41, 5.74) is 0.493. The summed E-state index contributed by atoms with van der Waals surface area (Å²) in [6.07, 6.45) is 0. The van der Waals surface area contributed by atoms with Gasteiger partial charge >= 0.3 is 0 Å². The minimum atomic E-state index is -0.878. The van der Waals surface area contributed by atoms with Crippen molar-refractivity contribution in [1.29, 1.82) is 0 Å². The highest BCUT2D eigenvalue weighted by Gasteiger charge is 2.06. The number of nitrogens with one attached hydrogen (secondary N) is 1. The smallest absolute Gasteiger partial charge is 0.183 e. The maximum absolute atomic E-state index is 12.9. The number of halogens is 4. The lowest BCUT2D eigenvalue weighted by atomic mass is 10.3. The molecule has 1 N–H and O–H groups in total. The fraction of sp³-hybridized carbons (Fsp3) is 0.0909. The predicted octanol–water partition coefficient (Wildman–Crippen LogP) is 4.69. The summed E-state index contributed by atoms with van der Waals surface area (Å²) in [7, 11) is 0. The van der Waals surface area contributed by atoms with Crippen LogP contribution in [0, 0.1) is 11.6 Å². The van der Waals surface area contributed by atoms with E-state index in [1.54, 1.807) is 6.07 Å². The summed E-state index contributed by atoms with van der Waals surface area (Å²) in [5.74, 6) is -1.07. The van der Waals surface area contributed by atoms with Crippen LogP contribution in [0.1, 0.15) is 5.76 Å². The van der Waals surface area contributed by atoms with Gasteiger partial charge in [0.2, 0.25) is 0 Å². The maximum atomic E-state index is 12.9. The van der Waals surface area contributed by atoms with Gasteiger partial charge in [0.15, 0.2) is 16.3 Å². The second-order valence-electron chi connectivity index (χ2n) is 3.32. The molecule has 0 amide bonds. The van der Waals surface area contributed by atoms with Crippen LogP contribution in [0.25, 0.3) is 0 Å². The SMILES string of the molecule is Fc1ccc(NCc2cc(Br)c(Br)o2)cc1F. The van der Waals surface area contributed by atoms with E-state index in [-0.39, 0.29) is 0 Å². The molecule has 6 heteroatoms. The molecule has 0 aliphatic carbocycles. The number of hydrogen-bond acceptors (Lipinski definition) is 2. The summed E-state index contributed by atoms with van der Waals surface area (Å²) in [5, 5.41) is 2.93. The normalized spacial score (nSPS) is 10.6. The predicted molar refractivity (Wildman–Crippen MR) is 67.8 cm³/mol. The quantitative estimate of drug-likeness (QED) is 0.852. The van der Waals surface area contributed by atoms with Crippen molar-refractivity contribution in [2.45, 2.75) is 6.54 Å².